The normalized spacial score (nSPS) is 32.2. The monoisotopic (exact) mass is 1290 g/mol. The standard InChI is InChI=1S/C68H114N2O21/c1-12-82-28-29-84-32-33-86-36-37-88-39-38-87-35-34-85-31-30-83-27-25-69-67(77)90-57-24-22-53(43-60(57)80-10)42-48(4)56(71)45-59-49(5)41-51(7)62(73)63(81-11)61(72)50(6)40-46(2)18-14-13-15-19-47(3)58(79-9)44-54-23-21-52(8)68(78,91-54)64(74)65(75)70-26-17-16-20-55(70)66(76)89-59/h13-15,18-19,41,46,48-50,52-60,62-63,71,73,78H,12,16-17,20-40,42-45H2,1-11H3,(H,69,77)/b15-13+,18-14+,47-19+,51-41+/t46-,48-,49-,50-,52-,53+,54+,55+,56+,57-,58+,59-,60-,62-,63+,68-/m1/s1. The van der Waals surface area contributed by atoms with E-state index in [0.717, 1.165) is 5.57 Å². The predicted molar refractivity (Wildman–Crippen MR) is 340 cm³/mol. The number of carbonyl (C=O) groups is 5. The van der Waals surface area contributed by atoms with E-state index in [2.05, 4.69) is 5.32 Å². The van der Waals surface area contributed by atoms with E-state index < -0.39 is 102 Å². The summed E-state index contributed by atoms with van der Waals surface area (Å²) in [4.78, 5) is 71.5. The summed E-state index contributed by atoms with van der Waals surface area (Å²) in [5.74, 6) is -7.83. The fourth-order valence-electron chi connectivity index (χ4n) is 12.2. The van der Waals surface area contributed by atoms with Crippen LogP contribution in [0.15, 0.2) is 47.6 Å². The lowest BCUT2D eigenvalue weighted by atomic mass is 9.78. The number of allylic oxidation sites excluding steroid dienone is 5. The van der Waals surface area contributed by atoms with Gasteiger partial charge in [-0.15, -0.1) is 0 Å². The molecule has 2 bridgehead atoms. The Hall–Kier alpha value is -4.05. The minimum absolute atomic E-state index is 0.00108. The van der Waals surface area contributed by atoms with Gasteiger partial charge in [-0.2, -0.15) is 0 Å². The second-order valence-corrected chi connectivity index (χ2v) is 25.0. The van der Waals surface area contributed by atoms with Crippen molar-refractivity contribution in [3.8, 4) is 0 Å². The Balaban J connectivity index is 1.35. The molecule has 0 spiro atoms. The maximum Gasteiger partial charge on any atom is 0.407 e. The van der Waals surface area contributed by atoms with E-state index in [1.54, 1.807) is 41.1 Å². The van der Waals surface area contributed by atoms with Crippen molar-refractivity contribution in [1.29, 1.82) is 0 Å². The van der Waals surface area contributed by atoms with Crippen molar-refractivity contribution in [2.24, 2.45) is 35.5 Å². The van der Waals surface area contributed by atoms with Crippen LogP contribution < -0.4 is 5.32 Å². The Morgan fingerprint density at radius 3 is 1.92 bits per heavy atom. The van der Waals surface area contributed by atoms with E-state index in [1.807, 2.05) is 65.0 Å². The van der Waals surface area contributed by atoms with Crippen LogP contribution in [0.2, 0.25) is 0 Å². The number of methoxy groups -OCH3 is 3. The number of hydrogen-bond acceptors (Lipinski definition) is 21. The van der Waals surface area contributed by atoms with Crippen LogP contribution in [0.5, 0.6) is 0 Å². The van der Waals surface area contributed by atoms with Crippen molar-refractivity contribution < 1.29 is 101 Å². The molecule has 3 aliphatic heterocycles. The minimum atomic E-state index is -2.46. The van der Waals surface area contributed by atoms with Crippen LogP contribution in [0.3, 0.4) is 0 Å². The van der Waals surface area contributed by atoms with Gasteiger partial charge in [0.2, 0.25) is 5.79 Å². The lowest BCUT2D eigenvalue weighted by molar-refractivity contribution is -0.265. The molecule has 0 unspecified atom stereocenters. The highest BCUT2D eigenvalue weighted by atomic mass is 16.6. The molecule has 91 heavy (non-hydrogen) atoms. The summed E-state index contributed by atoms with van der Waals surface area (Å²) in [5.41, 5.74) is 1.26. The molecule has 0 radical (unpaired) electrons. The summed E-state index contributed by atoms with van der Waals surface area (Å²) in [6.07, 6.45) is 9.41. The molecule has 0 aromatic heterocycles. The fourth-order valence-corrected chi connectivity index (χ4v) is 12.2. The van der Waals surface area contributed by atoms with Crippen molar-refractivity contribution in [2.45, 2.75) is 193 Å². The Labute approximate surface area is 541 Å². The minimum Gasteiger partial charge on any atom is -0.460 e. The number of cyclic esters (lactones) is 1. The number of alkyl carbamates (subject to hydrolysis) is 1. The third-order valence-electron chi connectivity index (χ3n) is 17.8. The van der Waals surface area contributed by atoms with Crippen LogP contribution in [0.4, 0.5) is 4.79 Å². The number of aliphatic hydroxyl groups is 3. The lowest BCUT2D eigenvalue weighted by Gasteiger charge is -2.42. The molecule has 522 valence electrons. The molecule has 3 fully saturated rings. The van der Waals surface area contributed by atoms with Crippen LogP contribution in [-0.4, -0.2) is 237 Å². The molecule has 23 heteroatoms. The first-order valence-electron chi connectivity index (χ1n) is 33.3. The molecule has 16 atom stereocenters. The predicted octanol–water partition coefficient (Wildman–Crippen LogP) is 6.84. The number of ether oxygens (including phenoxy) is 13. The Kier molecular flexibility index (Phi) is 38.2. The van der Waals surface area contributed by atoms with Crippen LogP contribution in [-0.2, 0) is 80.8 Å². The van der Waals surface area contributed by atoms with Gasteiger partial charge in [0, 0.05) is 71.6 Å². The number of ketones is 2. The summed E-state index contributed by atoms with van der Waals surface area (Å²) in [5, 5.41) is 38.7. The smallest absolute Gasteiger partial charge is 0.407 e. The highest BCUT2D eigenvalue weighted by molar-refractivity contribution is 6.39. The second kappa shape index (κ2) is 43.8. The molecule has 3 heterocycles. The number of Topliss-reactive ketones (excluding diaryl/α,β-unsaturated/α-hetero) is 2. The molecular weight excluding hydrogens is 1180 g/mol. The number of carbonyl (C=O) groups excluding carboxylic acids is 5. The number of fused-ring (bicyclic) bond motifs is 3. The van der Waals surface area contributed by atoms with Gasteiger partial charge in [0.1, 0.15) is 30.5 Å². The van der Waals surface area contributed by atoms with Crippen molar-refractivity contribution >= 4 is 29.5 Å². The zero-order chi connectivity index (χ0) is 66.7. The first-order valence-corrected chi connectivity index (χ1v) is 33.3. The third-order valence-corrected chi connectivity index (χ3v) is 17.8. The van der Waals surface area contributed by atoms with E-state index >= 15 is 0 Å². The number of nitrogens with zero attached hydrogens (tertiary/aromatic N) is 1. The molecule has 0 aromatic carbocycles. The first kappa shape index (κ1) is 79.4. The third kappa shape index (κ3) is 27.7. The van der Waals surface area contributed by atoms with E-state index in [1.165, 1.54) is 12.0 Å². The number of hydrogen-bond donors (Lipinski definition) is 4. The molecule has 4 N–H and O–H groups in total. The maximum absolute atomic E-state index is 14.7. The molecule has 2 saturated heterocycles. The van der Waals surface area contributed by atoms with Crippen LogP contribution in [0.25, 0.3) is 0 Å². The van der Waals surface area contributed by atoms with Gasteiger partial charge in [-0.25, -0.2) is 9.59 Å². The van der Waals surface area contributed by atoms with Crippen LogP contribution in [0, 0.1) is 35.5 Å². The lowest BCUT2D eigenvalue weighted by Crippen LogP contribution is -2.61. The number of amides is 2. The first-order chi connectivity index (χ1) is 43.7. The van der Waals surface area contributed by atoms with E-state index in [9.17, 15) is 39.3 Å². The highest BCUT2D eigenvalue weighted by Crippen LogP contribution is 2.38. The molecule has 1 aliphatic carbocycles. The van der Waals surface area contributed by atoms with Crippen molar-refractivity contribution in [3.05, 3.63) is 47.6 Å². The zero-order valence-corrected chi connectivity index (χ0v) is 56.6. The number of aliphatic hydroxyl groups excluding tert-OH is 2. The average Bonchev–Trinajstić information content (AvgIpc) is 0.952. The number of esters is 1. The molecule has 2 amide bonds. The van der Waals surface area contributed by atoms with E-state index in [0.29, 0.717) is 156 Å². The number of piperidine rings is 1. The fraction of sp³-hybridized carbons (Fsp3) is 0.809. The van der Waals surface area contributed by atoms with Crippen molar-refractivity contribution in [2.75, 3.05) is 127 Å². The molecular formula is C68H114N2O21. The van der Waals surface area contributed by atoms with Gasteiger partial charge in [-0.05, 0) is 114 Å². The number of nitrogens with one attached hydrogen (secondary N) is 1. The second-order valence-electron chi connectivity index (χ2n) is 25.0. The summed E-state index contributed by atoms with van der Waals surface area (Å²) < 4.78 is 74.1. The van der Waals surface area contributed by atoms with E-state index in [4.69, 9.17) is 61.6 Å². The van der Waals surface area contributed by atoms with Gasteiger partial charge in [0.05, 0.1) is 110 Å². The number of rotatable bonds is 31. The van der Waals surface area contributed by atoms with Gasteiger partial charge in [-0.1, -0.05) is 71.1 Å². The SMILES string of the molecule is CCOCCOCCOCCOCCOCCOCCOCCNC(=O)O[C@@H]1CC[C@@H](C[C@@H](C)[C@@H](O)C[C@H]2OC(=O)[C@@H]3CCCCN3C(=O)C(=O)[C@]3(O)O[C@@H](CC[C@H]3C)C[C@H](OC)/C(C)=C/C=C/C=C/[C@@H](C)C[C@@H](C)C(=O)[C@H](OC)[C@H](O)/C(C)=C/[C@H]2C)C[C@H]1OC. The van der Waals surface area contributed by atoms with Crippen LogP contribution in [0.1, 0.15) is 132 Å². The molecule has 1 saturated carbocycles. The average molecular weight is 1300 g/mol. The highest BCUT2D eigenvalue weighted by Gasteiger charge is 2.53. The van der Waals surface area contributed by atoms with Crippen molar-refractivity contribution in [3.63, 3.8) is 0 Å². The van der Waals surface area contributed by atoms with Gasteiger partial charge < -0.3 is 87.1 Å². The summed E-state index contributed by atoms with van der Waals surface area (Å²) in [7, 11) is 4.53. The van der Waals surface area contributed by atoms with Crippen molar-refractivity contribution in [1.82, 2.24) is 10.2 Å². The quantitative estimate of drug-likeness (QED) is 0.0239. The van der Waals surface area contributed by atoms with Gasteiger partial charge in [0.15, 0.2) is 5.78 Å². The zero-order valence-electron chi connectivity index (χ0n) is 56.6. The van der Waals surface area contributed by atoms with Gasteiger partial charge >= 0.3 is 12.1 Å². The molecule has 23 nitrogen and oxygen atoms in total. The van der Waals surface area contributed by atoms with Gasteiger partial charge in [-0.3, -0.25) is 14.4 Å². The Bertz CT molecular complexity index is 2250. The van der Waals surface area contributed by atoms with Gasteiger partial charge in [0.25, 0.3) is 11.7 Å². The summed E-state index contributed by atoms with van der Waals surface area (Å²) >= 11 is 0. The largest absolute Gasteiger partial charge is 0.460 e. The summed E-state index contributed by atoms with van der Waals surface area (Å²) in [6, 6.07) is -1.19. The molecule has 4 rings (SSSR count). The van der Waals surface area contributed by atoms with Crippen LogP contribution >= 0.6 is 0 Å². The molecule has 4 aliphatic rings. The molecule has 0 aromatic rings. The topological polar surface area (TPSA) is 281 Å². The van der Waals surface area contributed by atoms with E-state index in [-0.39, 0.29) is 56.1 Å². The Morgan fingerprint density at radius 2 is 1.33 bits per heavy atom. The summed E-state index contributed by atoms with van der Waals surface area (Å²) in [6.45, 7) is 21.5. The maximum atomic E-state index is 14.7. The Morgan fingerprint density at radius 1 is 0.714 bits per heavy atom.